The molecule has 0 aliphatic carbocycles. The summed E-state index contributed by atoms with van der Waals surface area (Å²) in [5.41, 5.74) is 1.73. The maximum absolute atomic E-state index is 12.2. The molecule has 0 radical (unpaired) electrons. The van der Waals surface area contributed by atoms with Crippen molar-refractivity contribution in [2.45, 2.75) is 0 Å². The molecule has 4 nitrogen and oxygen atoms in total. The van der Waals surface area contributed by atoms with Crippen LogP contribution in [0.3, 0.4) is 0 Å². The highest BCUT2D eigenvalue weighted by Crippen LogP contribution is 2.26. The van der Waals surface area contributed by atoms with Gasteiger partial charge >= 0.3 is 0 Å². The molecule has 1 aromatic carbocycles. The highest BCUT2D eigenvalue weighted by atomic mass is 79.9. The van der Waals surface area contributed by atoms with Gasteiger partial charge in [0.15, 0.2) is 0 Å². The molecular formula is C15H9BrClN3O. The Bertz CT molecular complexity index is 821. The standard InChI is InChI=1S/C15H9BrClN3O/c16-13-4-3-10(8-19-13)15(21)20-12-7-11(17)6-9-2-1-5-18-14(9)12/h1-8H,(H,20,21). The van der Waals surface area contributed by atoms with Crippen molar-refractivity contribution in [2.75, 3.05) is 5.32 Å². The molecule has 0 spiro atoms. The minimum Gasteiger partial charge on any atom is -0.320 e. The number of pyridine rings is 2. The third-order valence-electron chi connectivity index (χ3n) is 2.91. The molecule has 104 valence electrons. The topological polar surface area (TPSA) is 54.9 Å². The third-order valence-corrected chi connectivity index (χ3v) is 3.59. The first kappa shape index (κ1) is 14.0. The first-order valence-electron chi connectivity index (χ1n) is 6.11. The number of rotatable bonds is 2. The first-order valence-corrected chi connectivity index (χ1v) is 7.28. The van der Waals surface area contributed by atoms with E-state index in [0.717, 1.165) is 5.39 Å². The lowest BCUT2D eigenvalue weighted by atomic mass is 10.2. The van der Waals surface area contributed by atoms with Gasteiger partial charge in [-0.15, -0.1) is 0 Å². The molecule has 0 fully saturated rings. The van der Waals surface area contributed by atoms with E-state index in [4.69, 9.17) is 11.6 Å². The molecule has 0 saturated carbocycles. The van der Waals surface area contributed by atoms with Crippen LogP contribution in [0.25, 0.3) is 10.9 Å². The summed E-state index contributed by atoms with van der Waals surface area (Å²) in [5, 5.41) is 4.23. The van der Waals surface area contributed by atoms with E-state index in [2.05, 4.69) is 31.2 Å². The van der Waals surface area contributed by atoms with Crippen LogP contribution in [0.1, 0.15) is 10.4 Å². The highest BCUT2D eigenvalue weighted by molar-refractivity contribution is 9.10. The van der Waals surface area contributed by atoms with Crippen LogP contribution in [0, 0.1) is 0 Å². The van der Waals surface area contributed by atoms with Gasteiger partial charge in [-0.1, -0.05) is 17.7 Å². The quantitative estimate of drug-likeness (QED) is 0.692. The second kappa shape index (κ2) is 5.79. The number of hydrogen-bond donors (Lipinski definition) is 1. The van der Waals surface area contributed by atoms with Crippen LogP contribution in [0.15, 0.2) is 53.4 Å². The normalized spacial score (nSPS) is 10.6. The number of halogens is 2. The Morgan fingerprint density at radius 2 is 2.05 bits per heavy atom. The molecule has 0 aliphatic rings. The Hall–Kier alpha value is -1.98. The molecule has 21 heavy (non-hydrogen) atoms. The summed E-state index contributed by atoms with van der Waals surface area (Å²) < 4.78 is 0.675. The van der Waals surface area contributed by atoms with Crippen LogP contribution < -0.4 is 5.32 Å². The number of anilines is 1. The predicted molar refractivity (Wildman–Crippen MR) is 86.6 cm³/mol. The summed E-state index contributed by atoms with van der Waals surface area (Å²) in [6.45, 7) is 0. The molecule has 0 saturated heterocycles. The van der Waals surface area contributed by atoms with Crippen molar-refractivity contribution in [3.8, 4) is 0 Å². The molecule has 0 atom stereocenters. The molecule has 0 aliphatic heterocycles. The van der Waals surface area contributed by atoms with Gasteiger partial charge in [0.1, 0.15) is 4.60 Å². The minimum absolute atomic E-state index is 0.260. The third kappa shape index (κ3) is 3.04. The molecule has 3 rings (SSSR count). The first-order chi connectivity index (χ1) is 10.1. The van der Waals surface area contributed by atoms with Crippen LogP contribution >= 0.6 is 27.5 Å². The summed E-state index contributed by atoms with van der Waals surface area (Å²) >= 11 is 9.31. The Morgan fingerprint density at radius 3 is 2.81 bits per heavy atom. The number of nitrogens with one attached hydrogen (secondary N) is 1. The second-order valence-electron chi connectivity index (χ2n) is 4.35. The van der Waals surface area contributed by atoms with E-state index in [-0.39, 0.29) is 5.91 Å². The number of benzene rings is 1. The van der Waals surface area contributed by atoms with E-state index in [1.807, 2.05) is 12.1 Å². The SMILES string of the molecule is O=C(Nc1cc(Cl)cc2cccnc12)c1ccc(Br)nc1. The number of nitrogens with zero attached hydrogens (tertiary/aromatic N) is 2. The molecule has 6 heteroatoms. The van der Waals surface area contributed by atoms with Gasteiger partial charge < -0.3 is 5.32 Å². The second-order valence-corrected chi connectivity index (χ2v) is 5.60. The van der Waals surface area contributed by atoms with Crippen molar-refractivity contribution < 1.29 is 4.79 Å². The van der Waals surface area contributed by atoms with Crippen molar-refractivity contribution in [1.29, 1.82) is 0 Å². The minimum atomic E-state index is -0.260. The molecule has 2 heterocycles. The molecule has 0 bridgehead atoms. The lowest BCUT2D eigenvalue weighted by Crippen LogP contribution is -2.12. The van der Waals surface area contributed by atoms with E-state index in [9.17, 15) is 4.79 Å². The Labute approximate surface area is 134 Å². The Balaban J connectivity index is 1.98. The van der Waals surface area contributed by atoms with Crippen molar-refractivity contribution >= 4 is 50.0 Å². The van der Waals surface area contributed by atoms with E-state index in [0.29, 0.717) is 26.4 Å². The Morgan fingerprint density at radius 1 is 1.19 bits per heavy atom. The molecule has 1 amide bonds. The van der Waals surface area contributed by atoms with Gasteiger partial charge in [0.05, 0.1) is 16.8 Å². The van der Waals surface area contributed by atoms with E-state index in [1.54, 1.807) is 30.5 Å². The average Bonchev–Trinajstić information content (AvgIpc) is 2.47. The van der Waals surface area contributed by atoms with Gasteiger partial charge in [-0.3, -0.25) is 9.78 Å². The maximum Gasteiger partial charge on any atom is 0.257 e. The van der Waals surface area contributed by atoms with Crippen LogP contribution in [-0.2, 0) is 0 Å². The zero-order valence-corrected chi connectivity index (χ0v) is 13.0. The summed E-state index contributed by atoms with van der Waals surface area (Å²) in [7, 11) is 0. The fourth-order valence-electron chi connectivity index (χ4n) is 1.96. The highest BCUT2D eigenvalue weighted by Gasteiger charge is 2.10. The number of carbonyl (C=O) groups is 1. The van der Waals surface area contributed by atoms with Crippen molar-refractivity contribution in [1.82, 2.24) is 9.97 Å². The van der Waals surface area contributed by atoms with E-state index >= 15 is 0 Å². The molecule has 2 aromatic heterocycles. The fraction of sp³-hybridized carbons (Fsp3) is 0. The fourth-order valence-corrected chi connectivity index (χ4v) is 2.42. The lowest BCUT2D eigenvalue weighted by Gasteiger charge is -2.08. The number of hydrogen-bond acceptors (Lipinski definition) is 3. The van der Waals surface area contributed by atoms with E-state index < -0.39 is 0 Å². The van der Waals surface area contributed by atoms with Gasteiger partial charge in [0.2, 0.25) is 0 Å². The zero-order valence-electron chi connectivity index (χ0n) is 10.7. The van der Waals surface area contributed by atoms with Crippen molar-refractivity contribution in [3.05, 3.63) is 64.0 Å². The van der Waals surface area contributed by atoms with Crippen LogP contribution in [-0.4, -0.2) is 15.9 Å². The van der Waals surface area contributed by atoms with Crippen molar-refractivity contribution in [3.63, 3.8) is 0 Å². The molecule has 1 N–H and O–H groups in total. The van der Waals surface area contributed by atoms with Crippen LogP contribution in [0.5, 0.6) is 0 Å². The van der Waals surface area contributed by atoms with Gasteiger partial charge in [0.25, 0.3) is 5.91 Å². The van der Waals surface area contributed by atoms with Gasteiger partial charge in [-0.2, -0.15) is 0 Å². The molecule has 3 aromatic rings. The monoisotopic (exact) mass is 361 g/mol. The summed E-state index contributed by atoms with van der Waals surface area (Å²) in [6, 6.07) is 10.6. The number of fused-ring (bicyclic) bond motifs is 1. The van der Waals surface area contributed by atoms with Crippen LogP contribution in [0.2, 0.25) is 5.02 Å². The smallest absolute Gasteiger partial charge is 0.257 e. The number of aromatic nitrogens is 2. The van der Waals surface area contributed by atoms with Gasteiger partial charge in [-0.05, 0) is 46.3 Å². The largest absolute Gasteiger partial charge is 0.320 e. The van der Waals surface area contributed by atoms with Gasteiger partial charge in [-0.25, -0.2) is 4.98 Å². The zero-order chi connectivity index (χ0) is 14.8. The maximum atomic E-state index is 12.2. The molecular weight excluding hydrogens is 354 g/mol. The average molecular weight is 363 g/mol. The van der Waals surface area contributed by atoms with Crippen LogP contribution in [0.4, 0.5) is 5.69 Å². The Kier molecular flexibility index (Phi) is 3.86. The lowest BCUT2D eigenvalue weighted by molar-refractivity contribution is 0.102. The van der Waals surface area contributed by atoms with Crippen molar-refractivity contribution in [2.24, 2.45) is 0 Å². The van der Waals surface area contributed by atoms with E-state index in [1.165, 1.54) is 6.20 Å². The summed E-state index contributed by atoms with van der Waals surface area (Å²) in [6.07, 6.45) is 3.17. The van der Waals surface area contributed by atoms with Gasteiger partial charge in [0, 0.05) is 22.8 Å². The predicted octanol–water partition coefficient (Wildman–Crippen LogP) is 4.30. The molecule has 0 unspecified atom stereocenters. The summed E-state index contributed by atoms with van der Waals surface area (Å²) in [4.78, 5) is 20.6. The summed E-state index contributed by atoms with van der Waals surface area (Å²) in [5.74, 6) is -0.260. The number of amides is 1. The number of carbonyl (C=O) groups excluding carboxylic acids is 1.